The average molecular weight is 269 g/mol. The first-order valence-electron chi connectivity index (χ1n) is 5.06. The van der Waals surface area contributed by atoms with E-state index >= 15 is 0 Å². The lowest BCUT2D eigenvalue weighted by molar-refractivity contribution is -0.119. The van der Waals surface area contributed by atoms with Crippen molar-refractivity contribution in [1.82, 2.24) is 0 Å². The van der Waals surface area contributed by atoms with Gasteiger partial charge in [0, 0.05) is 22.4 Å². The molecule has 0 unspecified atom stereocenters. The molecule has 80 valence electrons. The third-order valence-electron chi connectivity index (χ3n) is 2.64. The summed E-state index contributed by atoms with van der Waals surface area (Å²) in [5.41, 5.74) is 0.976. The number of benzene rings is 1. The second-order valence-corrected chi connectivity index (χ2v) is 4.79. The van der Waals surface area contributed by atoms with E-state index in [-0.39, 0.29) is 0 Å². The number of Topliss-reactive ketones (excluding diaryl/α,β-unsaturated/α-hetero) is 1. The van der Waals surface area contributed by atoms with Crippen molar-refractivity contribution in [3.8, 4) is 5.75 Å². The van der Waals surface area contributed by atoms with Crippen molar-refractivity contribution in [2.45, 2.75) is 19.3 Å². The molecule has 1 aliphatic carbocycles. The predicted octanol–water partition coefficient (Wildman–Crippen LogP) is 2.98. The SMILES string of the molecule is COc1ccc(Br)cc1CC(=O)C1CC1. The highest BCUT2D eigenvalue weighted by molar-refractivity contribution is 9.10. The zero-order chi connectivity index (χ0) is 10.8. The van der Waals surface area contributed by atoms with Gasteiger partial charge in [-0.25, -0.2) is 0 Å². The van der Waals surface area contributed by atoms with Crippen molar-refractivity contribution < 1.29 is 9.53 Å². The third-order valence-corrected chi connectivity index (χ3v) is 3.13. The Balaban J connectivity index is 2.17. The molecule has 0 atom stereocenters. The van der Waals surface area contributed by atoms with Crippen molar-refractivity contribution in [2.24, 2.45) is 5.92 Å². The fraction of sp³-hybridized carbons (Fsp3) is 0.417. The van der Waals surface area contributed by atoms with E-state index in [1.165, 1.54) is 0 Å². The quantitative estimate of drug-likeness (QED) is 0.840. The molecule has 0 bridgehead atoms. The zero-order valence-corrected chi connectivity index (χ0v) is 10.2. The topological polar surface area (TPSA) is 26.3 Å². The Morgan fingerprint density at radius 2 is 2.27 bits per heavy atom. The predicted molar refractivity (Wildman–Crippen MR) is 62.1 cm³/mol. The molecule has 1 saturated carbocycles. The largest absolute Gasteiger partial charge is 0.496 e. The second kappa shape index (κ2) is 4.35. The van der Waals surface area contributed by atoms with Crippen LogP contribution < -0.4 is 4.74 Å². The number of methoxy groups -OCH3 is 1. The van der Waals surface area contributed by atoms with Crippen molar-refractivity contribution in [2.75, 3.05) is 7.11 Å². The molecule has 0 heterocycles. The minimum Gasteiger partial charge on any atom is -0.496 e. The molecule has 15 heavy (non-hydrogen) atoms. The number of hydrogen-bond donors (Lipinski definition) is 0. The first-order valence-corrected chi connectivity index (χ1v) is 5.85. The van der Waals surface area contributed by atoms with Gasteiger partial charge in [0.2, 0.25) is 0 Å². The van der Waals surface area contributed by atoms with Gasteiger partial charge in [-0.2, -0.15) is 0 Å². The maximum atomic E-state index is 11.7. The number of ether oxygens (including phenoxy) is 1. The molecule has 0 N–H and O–H groups in total. The monoisotopic (exact) mass is 268 g/mol. The first kappa shape index (κ1) is 10.7. The summed E-state index contributed by atoms with van der Waals surface area (Å²) in [6.07, 6.45) is 2.62. The van der Waals surface area contributed by atoms with E-state index in [4.69, 9.17) is 4.74 Å². The van der Waals surface area contributed by atoms with Gasteiger partial charge in [0.05, 0.1) is 7.11 Å². The molecule has 3 heteroatoms. The van der Waals surface area contributed by atoms with Crippen LogP contribution in [0.25, 0.3) is 0 Å². The number of rotatable bonds is 4. The van der Waals surface area contributed by atoms with Gasteiger partial charge in [-0.15, -0.1) is 0 Å². The summed E-state index contributed by atoms with van der Waals surface area (Å²) in [5.74, 6) is 1.45. The van der Waals surface area contributed by atoms with Gasteiger partial charge >= 0.3 is 0 Å². The lowest BCUT2D eigenvalue weighted by Crippen LogP contribution is -2.06. The summed E-state index contributed by atoms with van der Waals surface area (Å²) in [4.78, 5) is 11.7. The van der Waals surface area contributed by atoms with Crippen LogP contribution >= 0.6 is 15.9 Å². The maximum absolute atomic E-state index is 11.7. The molecule has 0 aliphatic heterocycles. The first-order chi connectivity index (χ1) is 7.20. The Kier molecular flexibility index (Phi) is 3.10. The number of halogens is 1. The van der Waals surface area contributed by atoms with Crippen LogP contribution in [0.1, 0.15) is 18.4 Å². The molecule has 1 aromatic rings. The van der Waals surface area contributed by atoms with Gasteiger partial charge < -0.3 is 4.74 Å². The Bertz CT molecular complexity index is 383. The minimum atomic E-state index is 0.314. The highest BCUT2D eigenvalue weighted by atomic mass is 79.9. The molecule has 0 amide bonds. The molecular weight excluding hydrogens is 256 g/mol. The van der Waals surface area contributed by atoms with Gasteiger partial charge in [-0.1, -0.05) is 15.9 Å². The van der Waals surface area contributed by atoms with Gasteiger partial charge in [0.1, 0.15) is 11.5 Å². The standard InChI is InChI=1S/C12H13BrO2/c1-15-12-5-4-10(13)6-9(12)7-11(14)8-2-3-8/h4-6,8H,2-3,7H2,1H3. The number of ketones is 1. The molecule has 0 saturated heterocycles. The van der Waals surface area contributed by atoms with Crippen LogP contribution in [-0.2, 0) is 11.2 Å². The summed E-state index contributed by atoms with van der Waals surface area (Å²) in [7, 11) is 1.63. The van der Waals surface area contributed by atoms with Crippen LogP contribution in [0.5, 0.6) is 5.75 Å². The van der Waals surface area contributed by atoms with E-state index in [2.05, 4.69) is 15.9 Å². The van der Waals surface area contributed by atoms with Crippen LogP contribution in [-0.4, -0.2) is 12.9 Å². The van der Waals surface area contributed by atoms with Gasteiger partial charge in [0.15, 0.2) is 0 Å². The lowest BCUT2D eigenvalue weighted by atomic mass is 10.1. The van der Waals surface area contributed by atoms with E-state index in [1.54, 1.807) is 7.11 Å². The maximum Gasteiger partial charge on any atom is 0.140 e. The van der Waals surface area contributed by atoms with E-state index < -0.39 is 0 Å². The van der Waals surface area contributed by atoms with Crippen LogP contribution in [0.4, 0.5) is 0 Å². The zero-order valence-electron chi connectivity index (χ0n) is 8.63. The van der Waals surface area contributed by atoms with Crippen LogP contribution in [0, 0.1) is 5.92 Å². The van der Waals surface area contributed by atoms with Crippen molar-refractivity contribution >= 4 is 21.7 Å². The van der Waals surface area contributed by atoms with Crippen molar-refractivity contribution in [3.63, 3.8) is 0 Å². The van der Waals surface area contributed by atoms with E-state index in [0.717, 1.165) is 28.6 Å². The highest BCUT2D eigenvalue weighted by Gasteiger charge is 2.29. The Morgan fingerprint density at radius 3 is 2.87 bits per heavy atom. The smallest absolute Gasteiger partial charge is 0.140 e. The minimum absolute atomic E-state index is 0.314. The van der Waals surface area contributed by atoms with E-state index in [0.29, 0.717) is 18.1 Å². The summed E-state index contributed by atoms with van der Waals surface area (Å²) >= 11 is 3.40. The number of hydrogen-bond acceptors (Lipinski definition) is 2. The molecule has 2 rings (SSSR count). The molecule has 0 spiro atoms. The van der Waals surface area contributed by atoms with Crippen LogP contribution in [0.3, 0.4) is 0 Å². The van der Waals surface area contributed by atoms with Crippen molar-refractivity contribution in [1.29, 1.82) is 0 Å². The molecule has 1 aliphatic rings. The summed E-state index contributed by atoms with van der Waals surface area (Å²) < 4.78 is 6.22. The third kappa shape index (κ3) is 2.59. The Hall–Kier alpha value is -0.830. The number of carbonyl (C=O) groups excluding carboxylic acids is 1. The molecule has 0 radical (unpaired) electrons. The van der Waals surface area contributed by atoms with Gasteiger partial charge in [0.25, 0.3) is 0 Å². The Morgan fingerprint density at radius 1 is 1.53 bits per heavy atom. The van der Waals surface area contributed by atoms with E-state index in [1.807, 2.05) is 18.2 Å². The van der Waals surface area contributed by atoms with Crippen LogP contribution in [0.2, 0.25) is 0 Å². The second-order valence-electron chi connectivity index (χ2n) is 3.87. The van der Waals surface area contributed by atoms with Crippen LogP contribution in [0.15, 0.2) is 22.7 Å². The summed E-state index contributed by atoms with van der Waals surface area (Å²) in [6.45, 7) is 0. The van der Waals surface area contributed by atoms with Gasteiger partial charge in [-0.05, 0) is 31.0 Å². The number of carbonyl (C=O) groups is 1. The molecule has 0 aromatic heterocycles. The normalized spacial score (nSPS) is 15.1. The Labute approximate surface area is 97.8 Å². The molecular formula is C12H13BrO2. The van der Waals surface area contributed by atoms with Crippen molar-refractivity contribution in [3.05, 3.63) is 28.2 Å². The molecule has 1 fully saturated rings. The fourth-order valence-electron chi connectivity index (χ4n) is 1.62. The fourth-order valence-corrected chi connectivity index (χ4v) is 2.03. The lowest BCUT2D eigenvalue weighted by Gasteiger charge is -2.07. The molecule has 1 aromatic carbocycles. The average Bonchev–Trinajstić information content (AvgIpc) is 3.01. The molecule has 2 nitrogen and oxygen atoms in total. The summed E-state index contributed by atoms with van der Waals surface area (Å²) in [6, 6.07) is 5.77. The van der Waals surface area contributed by atoms with E-state index in [9.17, 15) is 4.79 Å². The van der Waals surface area contributed by atoms with Gasteiger partial charge in [-0.3, -0.25) is 4.79 Å². The highest BCUT2D eigenvalue weighted by Crippen LogP contribution is 2.32. The summed E-state index contributed by atoms with van der Waals surface area (Å²) in [5, 5.41) is 0.